The second kappa shape index (κ2) is 4.02. The fourth-order valence-electron chi connectivity index (χ4n) is 1.70. The van der Waals surface area contributed by atoms with Crippen LogP contribution in [0, 0.1) is 0 Å². The Morgan fingerprint density at radius 3 is 1.61 bits per heavy atom. The van der Waals surface area contributed by atoms with E-state index in [0.717, 1.165) is 12.1 Å². The van der Waals surface area contributed by atoms with Crippen molar-refractivity contribution in [3.05, 3.63) is 28.8 Å². The van der Waals surface area contributed by atoms with Crippen LogP contribution in [0.1, 0.15) is 31.1 Å². The van der Waals surface area contributed by atoms with Crippen LogP contribution in [0.25, 0.3) is 0 Å². The molecular formula is C11H9NO6. The Kier molecular flexibility index (Phi) is 2.66. The molecule has 0 saturated carbocycles. The minimum absolute atomic E-state index is 0.0694. The van der Waals surface area contributed by atoms with Crippen molar-refractivity contribution in [2.45, 2.75) is 0 Å². The van der Waals surface area contributed by atoms with E-state index in [1.54, 1.807) is 4.90 Å². The number of benzene rings is 1. The van der Waals surface area contributed by atoms with E-state index in [9.17, 15) is 14.4 Å². The molecular weight excluding hydrogens is 242 g/mol. The van der Waals surface area contributed by atoms with Gasteiger partial charge in [-0.05, 0) is 12.1 Å². The van der Waals surface area contributed by atoms with Gasteiger partial charge in [0.15, 0.2) is 0 Å². The van der Waals surface area contributed by atoms with Crippen molar-refractivity contribution in [3.8, 4) is 0 Å². The molecule has 1 heterocycles. The fourth-order valence-corrected chi connectivity index (χ4v) is 1.70. The third kappa shape index (κ3) is 1.97. The van der Waals surface area contributed by atoms with Crippen molar-refractivity contribution < 1.29 is 29.7 Å². The molecule has 0 unspecified atom stereocenters. The smallest absolute Gasteiger partial charge is 0.337 e. The zero-order chi connectivity index (χ0) is 13.4. The lowest BCUT2D eigenvalue weighted by Crippen LogP contribution is -2.13. The Morgan fingerprint density at radius 2 is 1.33 bits per heavy atom. The average molecular weight is 251 g/mol. The molecule has 0 bridgehead atoms. The van der Waals surface area contributed by atoms with Gasteiger partial charge in [0.05, 0.1) is 22.4 Å². The molecule has 0 aliphatic carbocycles. The summed E-state index contributed by atoms with van der Waals surface area (Å²) in [6, 6.07) is 1.95. The van der Waals surface area contributed by atoms with Crippen LogP contribution >= 0.6 is 0 Å². The van der Waals surface area contributed by atoms with E-state index in [1.807, 2.05) is 0 Å². The predicted molar refractivity (Wildman–Crippen MR) is 59.5 cm³/mol. The third-order valence-electron chi connectivity index (χ3n) is 2.58. The van der Waals surface area contributed by atoms with E-state index in [-0.39, 0.29) is 22.4 Å². The minimum atomic E-state index is -1.36. The van der Waals surface area contributed by atoms with Gasteiger partial charge in [-0.3, -0.25) is 0 Å². The zero-order valence-corrected chi connectivity index (χ0v) is 9.08. The van der Waals surface area contributed by atoms with E-state index in [4.69, 9.17) is 15.3 Å². The van der Waals surface area contributed by atoms with Gasteiger partial charge in [-0.15, -0.1) is 0 Å². The molecule has 18 heavy (non-hydrogen) atoms. The standard InChI is InChI=1S/C11H9NO6/c13-9(14)5-3-6(10(15)16)8(12-1-2-12)7(4-5)11(17)18/h3-4H,1-2H2,(H,13,14)(H,15,16)(H,17,18). The molecule has 1 aromatic rings. The average Bonchev–Trinajstić information content (AvgIpc) is 3.10. The molecule has 1 saturated heterocycles. The lowest BCUT2D eigenvalue weighted by Gasteiger charge is -2.12. The molecule has 94 valence electrons. The summed E-state index contributed by atoms with van der Waals surface area (Å²) >= 11 is 0. The molecule has 3 N–H and O–H groups in total. The van der Waals surface area contributed by atoms with Gasteiger partial charge in [0.25, 0.3) is 0 Å². The number of carboxylic acids is 3. The van der Waals surface area contributed by atoms with E-state index in [1.165, 1.54) is 0 Å². The summed E-state index contributed by atoms with van der Waals surface area (Å²) in [6.45, 7) is 1.12. The van der Waals surface area contributed by atoms with Gasteiger partial charge in [-0.25, -0.2) is 14.4 Å². The summed E-state index contributed by atoms with van der Waals surface area (Å²) in [4.78, 5) is 34.6. The first-order valence-corrected chi connectivity index (χ1v) is 5.04. The zero-order valence-electron chi connectivity index (χ0n) is 9.08. The largest absolute Gasteiger partial charge is 0.478 e. The highest BCUT2D eigenvalue weighted by atomic mass is 16.4. The number of anilines is 1. The van der Waals surface area contributed by atoms with Gasteiger partial charge in [-0.1, -0.05) is 0 Å². The summed E-state index contributed by atoms with van der Waals surface area (Å²) in [5.41, 5.74) is -0.884. The van der Waals surface area contributed by atoms with E-state index < -0.39 is 17.9 Å². The van der Waals surface area contributed by atoms with Gasteiger partial charge < -0.3 is 20.2 Å². The molecule has 0 spiro atoms. The summed E-state index contributed by atoms with van der Waals surface area (Å²) in [5, 5.41) is 26.9. The quantitative estimate of drug-likeness (QED) is 0.671. The Bertz CT molecular complexity index is 526. The molecule has 1 fully saturated rings. The maximum Gasteiger partial charge on any atom is 0.337 e. The summed E-state index contributed by atoms with van der Waals surface area (Å²) < 4.78 is 0. The van der Waals surface area contributed by atoms with Crippen LogP contribution in [0.2, 0.25) is 0 Å². The van der Waals surface area contributed by atoms with Crippen LogP contribution in [-0.2, 0) is 0 Å². The second-order valence-corrected chi connectivity index (χ2v) is 3.82. The topological polar surface area (TPSA) is 115 Å². The third-order valence-corrected chi connectivity index (χ3v) is 2.58. The number of rotatable bonds is 4. The first-order chi connectivity index (χ1) is 8.41. The number of nitrogens with zero attached hydrogens (tertiary/aromatic N) is 1. The molecule has 1 aliphatic rings. The molecule has 0 atom stereocenters. The first kappa shape index (κ1) is 11.9. The Hall–Kier alpha value is -2.57. The van der Waals surface area contributed by atoms with Crippen LogP contribution in [0.5, 0.6) is 0 Å². The molecule has 1 aliphatic heterocycles. The van der Waals surface area contributed by atoms with E-state index in [2.05, 4.69) is 0 Å². The van der Waals surface area contributed by atoms with Crippen LogP contribution in [0.15, 0.2) is 12.1 Å². The van der Waals surface area contributed by atoms with Crippen molar-refractivity contribution in [2.75, 3.05) is 18.0 Å². The van der Waals surface area contributed by atoms with Crippen molar-refractivity contribution in [2.24, 2.45) is 0 Å². The number of hydrogen-bond donors (Lipinski definition) is 3. The highest BCUT2D eigenvalue weighted by Gasteiger charge is 2.30. The summed E-state index contributed by atoms with van der Waals surface area (Å²) in [6.07, 6.45) is 0. The molecule has 1 aromatic carbocycles. The predicted octanol–water partition coefficient (Wildman–Crippen LogP) is 0.601. The Morgan fingerprint density at radius 1 is 0.889 bits per heavy atom. The number of carboxylic acid groups (broad SMARTS) is 3. The van der Waals surface area contributed by atoms with Crippen LogP contribution in [0.4, 0.5) is 5.69 Å². The molecule has 0 aromatic heterocycles. The van der Waals surface area contributed by atoms with Crippen molar-refractivity contribution in [3.63, 3.8) is 0 Å². The highest BCUT2D eigenvalue weighted by Crippen LogP contribution is 2.31. The molecule has 7 nitrogen and oxygen atoms in total. The first-order valence-electron chi connectivity index (χ1n) is 5.04. The minimum Gasteiger partial charge on any atom is -0.478 e. The van der Waals surface area contributed by atoms with Gasteiger partial charge in [-0.2, -0.15) is 0 Å². The molecule has 7 heteroatoms. The number of hydrogen-bond acceptors (Lipinski definition) is 4. The van der Waals surface area contributed by atoms with Gasteiger partial charge in [0.1, 0.15) is 0 Å². The van der Waals surface area contributed by atoms with Crippen molar-refractivity contribution in [1.29, 1.82) is 0 Å². The summed E-state index contributed by atoms with van der Waals surface area (Å²) in [7, 11) is 0. The molecule has 0 radical (unpaired) electrons. The number of aromatic carboxylic acids is 3. The summed E-state index contributed by atoms with van der Waals surface area (Å²) in [5.74, 6) is -4.05. The highest BCUT2D eigenvalue weighted by molar-refractivity contribution is 6.07. The fraction of sp³-hybridized carbons (Fsp3) is 0.182. The lowest BCUT2D eigenvalue weighted by molar-refractivity contribution is 0.0696. The molecule has 2 rings (SSSR count). The van der Waals surface area contributed by atoms with Crippen LogP contribution in [-0.4, -0.2) is 46.3 Å². The SMILES string of the molecule is O=C(O)c1cc(C(=O)O)c(N2CC2)c(C(=O)O)c1. The Balaban J connectivity index is 2.71. The monoisotopic (exact) mass is 251 g/mol. The van der Waals surface area contributed by atoms with Crippen LogP contribution in [0.3, 0.4) is 0 Å². The van der Waals surface area contributed by atoms with Crippen LogP contribution < -0.4 is 4.90 Å². The second-order valence-electron chi connectivity index (χ2n) is 3.82. The lowest BCUT2D eigenvalue weighted by atomic mass is 10.0. The van der Waals surface area contributed by atoms with Crippen molar-refractivity contribution >= 4 is 23.6 Å². The van der Waals surface area contributed by atoms with Gasteiger partial charge in [0, 0.05) is 13.1 Å². The number of carbonyl (C=O) groups is 3. The van der Waals surface area contributed by atoms with Crippen molar-refractivity contribution in [1.82, 2.24) is 0 Å². The van der Waals surface area contributed by atoms with E-state index >= 15 is 0 Å². The maximum atomic E-state index is 11.1. The van der Waals surface area contributed by atoms with Gasteiger partial charge >= 0.3 is 17.9 Å². The van der Waals surface area contributed by atoms with Gasteiger partial charge in [0.2, 0.25) is 0 Å². The Labute approximate surface area is 101 Å². The van der Waals surface area contributed by atoms with E-state index in [0.29, 0.717) is 13.1 Å². The maximum absolute atomic E-state index is 11.1. The molecule has 0 amide bonds. The normalized spacial score (nSPS) is 13.2.